The van der Waals surface area contributed by atoms with Crippen molar-refractivity contribution >= 4 is 29.1 Å². The van der Waals surface area contributed by atoms with Gasteiger partial charge >= 0.3 is 5.97 Å². The second-order valence-electron chi connectivity index (χ2n) is 8.77. The summed E-state index contributed by atoms with van der Waals surface area (Å²) in [5.41, 5.74) is 3.38. The van der Waals surface area contributed by atoms with Gasteiger partial charge in [0.05, 0.1) is 18.2 Å². The second-order valence-corrected chi connectivity index (χ2v) is 8.77. The lowest BCUT2D eigenvalue weighted by atomic mass is 9.94. The number of carbonyl (C=O) groups is 3. The Kier molecular flexibility index (Phi) is 7.43. The molecule has 3 aromatic carbocycles. The first-order chi connectivity index (χ1) is 17.7. The summed E-state index contributed by atoms with van der Waals surface area (Å²) in [4.78, 5) is 39.5. The molecule has 1 fully saturated rings. The summed E-state index contributed by atoms with van der Waals surface area (Å²) in [5, 5.41) is 11.4. The molecule has 190 valence electrons. The zero-order valence-electron chi connectivity index (χ0n) is 21.3. The van der Waals surface area contributed by atoms with E-state index in [1.165, 1.54) is 11.8 Å². The highest BCUT2D eigenvalue weighted by atomic mass is 16.5. The van der Waals surface area contributed by atoms with Crippen LogP contribution in [-0.4, -0.2) is 29.4 Å². The SMILES string of the molecule is CCOc1ccc(/C(O)=C2/C(=O)C(=O)N(c3ccc(CC)cc3)C2c2ccc(OC(C)=O)cc2)cc1C. The van der Waals surface area contributed by atoms with E-state index >= 15 is 0 Å². The van der Waals surface area contributed by atoms with Gasteiger partial charge in [-0.2, -0.15) is 0 Å². The van der Waals surface area contributed by atoms with Crippen molar-refractivity contribution in [3.63, 3.8) is 0 Å². The summed E-state index contributed by atoms with van der Waals surface area (Å²) >= 11 is 0. The minimum atomic E-state index is -0.884. The predicted octanol–water partition coefficient (Wildman–Crippen LogP) is 5.51. The summed E-state index contributed by atoms with van der Waals surface area (Å²) in [6.45, 7) is 7.57. The Morgan fingerprint density at radius 3 is 2.22 bits per heavy atom. The van der Waals surface area contributed by atoms with Gasteiger partial charge in [-0.15, -0.1) is 0 Å². The number of carbonyl (C=O) groups excluding carboxylic acids is 3. The maximum atomic E-state index is 13.4. The molecule has 0 radical (unpaired) electrons. The molecule has 1 aliphatic heterocycles. The van der Waals surface area contributed by atoms with Crippen molar-refractivity contribution in [3.8, 4) is 11.5 Å². The molecule has 0 aliphatic carbocycles. The normalized spacial score (nSPS) is 16.6. The largest absolute Gasteiger partial charge is 0.507 e. The van der Waals surface area contributed by atoms with Crippen molar-refractivity contribution in [2.24, 2.45) is 0 Å². The minimum absolute atomic E-state index is 0.0200. The lowest BCUT2D eigenvalue weighted by Gasteiger charge is -2.26. The molecule has 0 saturated carbocycles. The number of aliphatic hydroxyl groups excluding tert-OH is 1. The molecule has 0 aromatic heterocycles. The van der Waals surface area contributed by atoms with Crippen LogP contribution in [0.3, 0.4) is 0 Å². The molecular weight excluding hydrogens is 470 g/mol. The number of ether oxygens (including phenoxy) is 2. The molecule has 1 N–H and O–H groups in total. The smallest absolute Gasteiger partial charge is 0.308 e. The lowest BCUT2D eigenvalue weighted by Crippen LogP contribution is -2.29. The third-order valence-corrected chi connectivity index (χ3v) is 6.27. The molecule has 1 amide bonds. The van der Waals surface area contributed by atoms with Gasteiger partial charge < -0.3 is 14.6 Å². The van der Waals surface area contributed by atoms with Crippen LogP contribution in [0.5, 0.6) is 11.5 Å². The average molecular weight is 500 g/mol. The van der Waals surface area contributed by atoms with Gasteiger partial charge in [0.1, 0.15) is 17.3 Å². The van der Waals surface area contributed by atoms with Crippen LogP contribution in [0.25, 0.3) is 5.76 Å². The zero-order valence-corrected chi connectivity index (χ0v) is 21.3. The average Bonchev–Trinajstić information content (AvgIpc) is 3.15. The van der Waals surface area contributed by atoms with Gasteiger partial charge in [-0.3, -0.25) is 19.3 Å². The highest BCUT2D eigenvalue weighted by Gasteiger charge is 2.47. The maximum absolute atomic E-state index is 13.4. The molecule has 7 heteroatoms. The molecule has 37 heavy (non-hydrogen) atoms. The van der Waals surface area contributed by atoms with Crippen molar-refractivity contribution in [1.82, 2.24) is 0 Å². The van der Waals surface area contributed by atoms with E-state index in [9.17, 15) is 19.5 Å². The van der Waals surface area contributed by atoms with Gasteiger partial charge in [0.2, 0.25) is 0 Å². The van der Waals surface area contributed by atoms with Gasteiger partial charge in [0, 0.05) is 18.2 Å². The number of rotatable bonds is 7. The van der Waals surface area contributed by atoms with Gasteiger partial charge in [-0.1, -0.05) is 31.2 Å². The van der Waals surface area contributed by atoms with Gasteiger partial charge in [-0.05, 0) is 79.4 Å². The Labute approximate surface area is 215 Å². The fraction of sp³-hybridized carbons (Fsp3) is 0.233. The molecule has 0 bridgehead atoms. The number of nitrogens with zero attached hydrogens (tertiary/aromatic N) is 1. The van der Waals surface area contributed by atoms with Crippen molar-refractivity contribution in [1.29, 1.82) is 0 Å². The summed E-state index contributed by atoms with van der Waals surface area (Å²) in [6, 6.07) is 18.2. The molecule has 4 rings (SSSR count). The van der Waals surface area contributed by atoms with Gasteiger partial charge in [0.15, 0.2) is 0 Å². The Bertz CT molecular complexity index is 1370. The number of anilines is 1. The monoisotopic (exact) mass is 499 g/mol. The Hall–Kier alpha value is -4.39. The summed E-state index contributed by atoms with van der Waals surface area (Å²) < 4.78 is 10.7. The number of aryl methyl sites for hydroxylation is 2. The second kappa shape index (κ2) is 10.7. The molecular formula is C30H29NO6. The third-order valence-electron chi connectivity index (χ3n) is 6.27. The van der Waals surface area contributed by atoms with E-state index in [0.717, 1.165) is 17.5 Å². The molecule has 1 heterocycles. The highest BCUT2D eigenvalue weighted by molar-refractivity contribution is 6.51. The van der Waals surface area contributed by atoms with E-state index in [0.29, 0.717) is 34.9 Å². The van der Waals surface area contributed by atoms with Crippen LogP contribution in [0.4, 0.5) is 5.69 Å². The van der Waals surface area contributed by atoms with E-state index in [1.54, 1.807) is 54.6 Å². The van der Waals surface area contributed by atoms with E-state index in [2.05, 4.69) is 0 Å². The zero-order chi connectivity index (χ0) is 26.7. The third kappa shape index (κ3) is 5.11. The topological polar surface area (TPSA) is 93.1 Å². The Balaban J connectivity index is 1.87. The number of Topliss-reactive ketones (excluding diaryl/α,β-unsaturated/α-hetero) is 1. The first-order valence-electron chi connectivity index (χ1n) is 12.2. The number of esters is 1. The van der Waals surface area contributed by atoms with Crippen LogP contribution in [-0.2, 0) is 20.8 Å². The summed E-state index contributed by atoms with van der Waals surface area (Å²) in [6.07, 6.45) is 0.831. The number of benzene rings is 3. The van der Waals surface area contributed by atoms with Crippen LogP contribution < -0.4 is 14.4 Å². The van der Waals surface area contributed by atoms with Crippen LogP contribution in [0.2, 0.25) is 0 Å². The van der Waals surface area contributed by atoms with Gasteiger partial charge in [0.25, 0.3) is 11.7 Å². The van der Waals surface area contributed by atoms with Crippen LogP contribution in [0, 0.1) is 6.92 Å². The van der Waals surface area contributed by atoms with Crippen LogP contribution >= 0.6 is 0 Å². The van der Waals surface area contributed by atoms with Crippen LogP contribution in [0.1, 0.15) is 49.1 Å². The number of ketones is 1. The summed E-state index contributed by atoms with van der Waals surface area (Å²) in [7, 11) is 0. The molecule has 1 unspecified atom stereocenters. The van der Waals surface area contributed by atoms with Crippen molar-refractivity contribution in [3.05, 3.63) is 94.6 Å². The minimum Gasteiger partial charge on any atom is -0.507 e. The first kappa shape index (κ1) is 25.7. The molecule has 7 nitrogen and oxygen atoms in total. The van der Waals surface area contributed by atoms with E-state index in [4.69, 9.17) is 9.47 Å². The van der Waals surface area contributed by atoms with Crippen molar-refractivity contribution in [2.75, 3.05) is 11.5 Å². The van der Waals surface area contributed by atoms with Crippen molar-refractivity contribution < 1.29 is 29.0 Å². The number of hydrogen-bond acceptors (Lipinski definition) is 6. The van der Waals surface area contributed by atoms with Crippen LogP contribution in [0.15, 0.2) is 72.3 Å². The molecule has 1 saturated heterocycles. The van der Waals surface area contributed by atoms with E-state index < -0.39 is 23.7 Å². The van der Waals surface area contributed by atoms with E-state index in [-0.39, 0.29) is 11.3 Å². The Morgan fingerprint density at radius 1 is 0.973 bits per heavy atom. The standard InChI is InChI=1S/C30H29NO6/c1-5-20-7-12-23(13-8-20)31-27(21-9-14-24(15-10-21)37-19(4)32)26(29(34)30(31)35)28(33)22-11-16-25(36-6-2)18(3)17-22/h7-17,27,33H,5-6H2,1-4H3/b28-26-. The fourth-order valence-corrected chi connectivity index (χ4v) is 4.46. The highest BCUT2D eigenvalue weighted by Crippen LogP contribution is 2.42. The first-order valence-corrected chi connectivity index (χ1v) is 12.2. The predicted molar refractivity (Wildman–Crippen MR) is 141 cm³/mol. The number of aliphatic hydroxyl groups is 1. The van der Waals surface area contributed by atoms with Crippen molar-refractivity contribution in [2.45, 2.75) is 40.2 Å². The molecule has 3 aromatic rings. The summed E-state index contributed by atoms with van der Waals surface area (Å²) in [5.74, 6) is -1.23. The molecule has 1 aliphatic rings. The number of amides is 1. The Morgan fingerprint density at radius 2 is 1.65 bits per heavy atom. The molecule has 1 atom stereocenters. The lowest BCUT2D eigenvalue weighted by molar-refractivity contribution is -0.132. The molecule has 0 spiro atoms. The quantitative estimate of drug-likeness (QED) is 0.152. The number of hydrogen-bond donors (Lipinski definition) is 1. The van der Waals surface area contributed by atoms with E-state index in [1.807, 2.05) is 32.9 Å². The maximum Gasteiger partial charge on any atom is 0.308 e. The fourth-order valence-electron chi connectivity index (χ4n) is 4.46. The van der Waals surface area contributed by atoms with Gasteiger partial charge in [-0.25, -0.2) is 0 Å².